The smallest absolute Gasteiger partial charge is 0.185 e. The monoisotopic (exact) mass is 388 g/mol. The molecule has 3 aromatic rings. The van der Waals surface area contributed by atoms with Crippen LogP contribution in [0.15, 0.2) is 42.9 Å². The summed E-state index contributed by atoms with van der Waals surface area (Å²) in [6.07, 6.45) is 12.9. The lowest BCUT2D eigenvalue weighted by Crippen LogP contribution is -2.39. The molecule has 0 atom stereocenters. The molecule has 2 aliphatic carbocycles. The molecule has 5 nitrogen and oxygen atoms in total. The molecule has 0 radical (unpaired) electrons. The van der Waals surface area contributed by atoms with Crippen molar-refractivity contribution in [2.75, 3.05) is 11.4 Å². The van der Waals surface area contributed by atoms with Gasteiger partial charge in [0.15, 0.2) is 5.78 Å². The molecule has 1 N–H and O–H groups in total. The van der Waals surface area contributed by atoms with Crippen LogP contribution < -0.4 is 4.90 Å². The lowest BCUT2D eigenvalue weighted by atomic mass is 9.94. The quantitative estimate of drug-likeness (QED) is 0.583. The van der Waals surface area contributed by atoms with Gasteiger partial charge in [-0.15, -0.1) is 0 Å². The van der Waals surface area contributed by atoms with E-state index < -0.39 is 0 Å². The second kappa shape index (κ2) is 7.97. The van der Waals surface area contributed by atoms with Crippen molar-refractivity contribution in [3.8, 4) is 0 Å². The number of hydrogen-bond donors (Lipinski definition) is 1. The number of nitrogens with zero attached hydrogens (tertiary/aromatic N) is 3. The first-order valence-electron chi connectivity index (χ1n) is 10.9. The van der Waals surface area contributed by atoms with Crippen molar-refractivity contribution in [3.05, 3.63) is 54.1 Å². The number of anilines is 1. The van der Waals surface area contributed by atoms with E-state index in [1.807, 2.05) is 36.5 Å². The Kier molecular flexibility index (Phi) is 5.04. The van der Waals surface area contributed by atoms with Crippen LogP contribution in [0.5, 0.6) is 0 Å². The van der Waals surface area contributed by atoms with Crippen molar-refractivity contribution in [3.63, 3.8) is 0 Å². The Labute approximate surface area is 171 Å². The predicted octanol–water partition coefficient (Wildman–Crippen LogP) is 4.93. The zero-order valence-electron chi connectivity index (χ0n) is 16.8. The van der Waals surface area contributed by atoms with Crippen molar-refractivity contribution in [1.29, 1.82) is 0 Å². The highest BCUT2D eigenvalue weighted by Crippen LogP contribution is 2.34. The van der Waals surface area contributed by atoms with Gasteiger partial charge in [-0.25, -0.2) is 9.97 Å². The first kappa shape index (κ1) is 18.3. The number of ketones is 1. The summed E-state index contributed by atoms with van der Waals surface area (Å²) in [5, 5.41) is 1.10. The number of carbonyl (C=O) groups excluding carboxylic acids is 1. The summed E-state index contributed by atoms with van der Waals surface area (Å²) in [6, 6.07) is 10.6. The number of benzene rings is 1. The molecule has 0 bridgehead atoms. The SMILES string of the molecule is O=C(Cc1cccc2[nH]ccc12)c1cc(N(CC2CC2)C2CCCCC2)ncn1. The highest BCUT2D eigenvalue weighted by Gasteiger charge is 2.30. The number of fused-ring (bicyclic) bond motifs is 1. The summed E-state index contributed by atoms with van der Waals surface area (Å²) in [4.78, 5) is 27.6. The third-order valence-corrected chi connectivity index (χ3v) is 6.44. The molecule has 5 heteroatoms. The molecular formula is C24H28N4O. The van der Waals surface area contributed by atoms with Gasteiger partial charge in [-0.1, -0.05) is 31.4 Å². The van der Waals surface area contributed by atoms with E-state index in [9.17, 15) is 4.79 Å². The Morgan fingerprint density at radius 1 is 1.07 bits per heavy atom. The van der Waals surface area contributed by atoms with E-state index in [1.54, 1.807) is 6.33 Å². The van der Waals surface area contributed by atoms with Crippen LogP contribution >= 0.6 is 0 Å². The number of H-pyrrole nitrogens is 1. The van der Waals surface area contributed by atoms with Crippen molar-refractivity contribution in [2.45, 2.75) is 57.4 Å². The van der Waals surface area contributed by atoms with Gasteiger partial charge in [0.25, 0.3) is 0 Å². The molecule has 150 valence electrons. The highest BCUT2D eigenvalue weighted by molar-refractivity contribution is 5.98. The zero-order chi connectivity index (χ0) is 19.6. The van der Waals surface area contributed by atoms with Crippen molar-refractivity contribution in [1.82, 2.24) is 15.0 Å². The topological polar surface area (TPSA) is 61.9 Å². The van der Waals surface area contributed by atoms with E-state index in [2.05, 4.69) is 19.9 Å². The highest BCUT2D eigenvalue weighted by atomic mass is 16.1. The zero-order valence-corrected chi connectivity index (χ0v) is 16.8. The summed E-state index contributed by atoms with van der Waals surface area (Å²) in [6.45, 7) is 1.07. The fraction of sp³-hybridized carbons (Fsp3) is 0.458. The number of hydrogen-bond acceptors (Lipinski definition) is 4. The molecule has 29 heavy (non-hydrogen) atoms. The molecule has 0 aliphatic heterocycles. The number of carbonyl (C=O) groups is 1. The van der Waals surface area contributed by atoms with Crippen LogP contribution in [0.4, 0.5) is 5.82 Å². The number of aromatic amines is 1. The molecule has 1 aromatic carbocycles. The van der Waals surface area contributed by atoms with Gasteiger partial charge in [0.1, 0.15) is 17.8 Å². The van der Waals surface area contributed by atoms with Gasteiger partial charge >= 0.3 is 0 Å². The largest absolute Gasteiger partial charge is 0.361 e. The lowest BCUT2D eigenvalue weighted by Gasteiger charge is -2.35. The average Bonchev–Trinajstić information content (AvgIpc) is 3.46. The van der Waals surface area contributed by atoms with E-state index in [1.165, 1.54) is 44.9 Å². The minimum atomic E-state index is 0.0531. The molecule has 2 aromatic heterocycles. The fourth-order valence-electron chi connectivity index (χ4n) is 4.63. The standard InChI is InChI=1S/C24H28N4O/c29-23(13-18-5-4-8-21-20(18)11-12-25-21)22-14-24(27-16-26-22)28(15-17-9-10-17)19-6-2-1-3-7-19/h4-5,8,11-12,14,16-17,19,25H,1-3,6-7,9-10,13,15H2. The van der Waals surface area contributed by atoms with Crippen LogP contribution in [0.3, 0.4) is 0 Å². The molecule has 2 heterocycles. The van der Waals surface area contributed by atoms with Gasteiger partial charge in [-0.3, -0.25) is 4.79 Å². The van der Waals surface area contributed by atoms with Crippen molar-refractivity contribution >= 4 is 22.5 Å². The molecule has 5 rings (SSSR count). The van der Waals surface area contributed by atoms with Crippen LogP contribution in [0.2, 0.25) is 0 Å². The molecule has 0 spiro atoms. The number of rotatable bonds is 7. The maximum atomic E-state index is 13.0. The minimum Gasteiger partial charge on any atom is -0.361 e. The van der Waals surface area contributed by atoms with Crippen LogP contribution in [0, 0.1) is 5.92 Å². The van der Waals surface area contributed by atoms with E-state index in [-0.39, 0.29) is 5.78 Å². The Bertz CT molecular complexity index is 1000. The molecular weight excluding hydrogens is 360 g/mol. The van der Waals surface area contributed by atoms with Crippen LogP contribution in [0.1, 0.15) is 61.0 Å². The second-order valence-electron chi connectivity index (χ2n) is 8.61. The van der Waals surface area contributed by atoms with Crippen molar-refractivity contribution < 1.29 is 4.79 Å². The third kappa shape index (κ3) is 4.04. The van der Waals surface area contributed by atoms with Crippen LogP contribution in [-0.2, 0) is 6.42 Å². The fourth-order valence-corrected chi connectivity index (χ4v) is 4.63. The summed E-state index contributed by atoms with van der Waals surface area (Å²) in [5.41, 5.74) is 2.63. The first-order chi connectivity index (χ1) is 14.3. The second-order valence-corrected chi connectivity index (χ2v) is 8.61. The Morgan fingerprint density at radius 3 is 2.76 bits per heavy atom. The van der Waals surface area contributed by atoms with Gasteiger partial charge in [0.05, 0.1) is 0 Å². The number of aromatic nitrogens is 3. The number of nitrogens with one attached hydrogen (secondary N) is 1. The summed E-state index contributed by atoms with van der Waals surface area (Å²) in [5.74, 6) is 1.77. The van der Waals surface area contributed by atoms with Gasteiger partial charge in [-0.2, -0.15) is 0 Å². The van der Waals surface area contributed by atoms with Gasteiger partial charge in [0.2, 0.25) is 0 Å². The van der Waals surface area contributed by atoms with E-state index >= 15 is 0 Å². The summed E-state index contributed by atoms with van der Waals surface area (Å²) < 4.78 is 0. The third-order valence-electron chi connectivity index (χ3n) is 6.44. The van der Waals surface area contributed by atoms with Gasteiger partial charge in [-0.05, 0) is 49.3 Å². The predicted molar refractivity (Wildman–Crippen MR) is 115 cm³/mol. The Balaban J connectivity index is 1.38. The molecule has 2 saturated carbocycles. The van der Waals surface area contributed by atoms with E-state index in [0.717, 1.165) is 34.7 Å². The van der Waals surface area contributed by atoms with Gasteiger partial charge in [0, 0.05) is 42.2 Å². The van der Waals surface area contributed by atoms with E-state index in [4.69, 9.17) is 0 Å². The maximum Gasteiger partial charge on any atom is 0.185 e. The summed E-state index contributed by atoms with van der Waals surface area (Å²) in [7, 11) is 0. The molecule has 0 unspecified atom stereocenters. The van der Waals surface area contributed by atoms with Gasteiger partial charge < -0.3 is 9.88 Å². The molecule has 0 saturated heterocycles. The summed E-state index contributed by atoms with van der Waals surface area (Å²) >= 11 is 0. The molecule has 2 aliphatic rings. The Hall–Kier alpha value is -2.69. The normalized spacial score (nSPS) is 17.5. The minimum absolute atomic E-state index is 0.0531. The Morgan fingerprint density at radius 2 is 1.93 bits per heavy atom. The maximum absolute atomic E-state index is 13.0. The van der Waals surface area contributed by atoms with E-state index in [0.29, 0.717) is 18.2 Å². The molecule has 2 fully saturated rings. The average molecular weight is 389 g/mol. The molecule has 0 amide bonds. The lowest BCUT2D eigenvalue weighted by molar-refractivity contribution is 0.0988. The van der Waals surface area contributed by atoms with Crippen LogP contribution in [0.25, 0.3) is 10.9 Å². The van der Waals surface area contributed by atoms with Crippen LogP contribution in [-0.4, -0.2) is 33.3 Å². The first-order valence-corrected chi connectivity index (χ1v) is 10.9. The van der Waals surface area contributed by atoms with Crippen molar-refractivity contribution in [2.24, 2.45) is 5.92 Å². The number of Topliss-reactive ketones (excluding diaryl/α,β-unsaturated/α-hetero) is 1.